The molecule has 0 fully saturated rings. The van der Waals surface area contributed by atoms with Gasteiger partial charge in [-0.1, -0.05) is 12.1 Å². The molecule has 0 aromatic carbocycles. The Morgan fingerprint density at radius 3 is 2.00 bits per heavy atom. The van der Waals surface area contributed by atoms with Crippen molar-refractivity contribution in [3.05, 3.63) is 59.2 Å². The standard InChI is InChI=1S/C17H15ClN4O5/c18-8-3-9-27-17(26)13-7-2-6-12(21-13)16(25)22-15(24)11-5-1-4-10(20-11)14(19)23/h1-2,4-7H,3,8-9H2,(H2,19,23)(H,22,24,25). The van der Waals surface area contributed by atoms with Gasteiger partial charge in [0.15, 0.2) is 0 Å². The lowest BCUT2D eigenvalue weighted by molar-refractivity contribution is 0.0499. The number of pyridine rings is 2. The first-order valence-electron chi connectivity index (χ1n) is 7.75. The van der Waals surface area contributed by atoms with Gasteiger partial charge in [0.25, 0.3) is 17.7 Å². The number of esters is 1. The van der Waals surface area contributed by atoms with Crippen molar-refractivity contribution in [3.8, 4) is 0 Å². The highest BCUT2D eigenvalue weighted by molar-refractivity contribution is 6.17. The van der Waals surface area contributed by atoms with Crippen molar-refractivity contribution >= 4 is 35.3 Å². The first-order valence-corrected chi connectivity index (χ1v) is 8.28. The second-order valence-corrected chi connectivity index (χ2v) is 5.52. The van der Waals surface area contributed by atoms with Gasteiger partial charge in [-0.2, -0.15) is 0 Å². The Kier molecular flexibility index (Phi) is 6.95. The molecule has 0 aliphatic heterocycles. The fourth-order valence-corrected chi connectivity index (χ4v) is 2.01. The highest BCUT2D eigenvalue weighted by Crippen LogP contribution is 2.04. The van der Waals surface area contributed by atoms with E-state index in [2.05, 4.69) is 15.3 Å². The van der Waals surface area contributed by atoms with E-state index in [1.807, 2.05) is 0 Å². The number of aromatic nitrogens is 2. The van der Waals surface area contributed by atoms with Crippen LogP contribution >= 0.6 is 11.6 Å². The summed E-state index contributed by atoms with van der Waals surface area (Å²) in [6.07, 6.45) is 0.485. The predicted molar refractivity (Wildman–Crippen MR) is 94.4 cm³/mol. The lowest BCUT2D eigenvalue weighted by Gasteiger charge is -2.06. The van der Waals surface area contributed by atoms with E-state index in [0.29, 0.717) is 12.3 Å². The minimum Gasteiger partial charge on any atom is -0.461 e. The number of carbonyl (C=O) groups is 4. The molecular weight excluding hydrogens is 376 g/mol. The number of alkyl halides is 1. The van der Waals surface area contributed by atoms with Gasteiger partial charge >= 0.3 is 5.97 Å². The van der Waals surface area contributed by atoms with Crippen LogP contribution in [0.4, 0.5) is 0 Å². The van der Waals surface area contributed by atoms with Crippen LogP contribution in [0, 0.1) is 0 Å². The number of hydrogen-bond acceptors (Lipinski definition) is 7. The fourth-order valence-electron chi connectivity index (χ4n) is 1.90. The second-order valence-electron chi connectivity index (χ2n) is 5.14. The minimum absolute atomic E-state index is 0.0847. The third-order valence-corrected chi connectivity index (χ3v) is 3.43. The number of nitrogens with zero attached hydrogens (tertiary/aromatic N) is 2. The summed E-state index contributed by atoms with van der Waals surface area (Å²) < 4.78 is 4.95. The summed E-state index contributed by atoms with van der Waals surface area (Å²) in [5.74, 6) is -2.87. The van der Waals surface area contributed by atoms with E-state index in [1.165, 1.54) is 36.4 Å². The van der Waals surface area contributed by atoms with Crippen molar-refractivity contribution in [1.29, 1.82) is 0 Å². The van der Waals surface area contributed by atoms with Crippen LogP contribution in [-0.2, 0) is 4.74 Å². The van der Waals surface area contributed by atoms with Crippen molar-refractivity contribution in [2.45, 2.75) is 6.42 Å². The van der Waals surface area contributed by atoms with Crippen LogP contribution in [0.3, 0.4) is 0 Å². The molecule has 0 aliphatic rings. The van der Waals surface area contributed by atoms with Crippen LogP contribution in [0.25, 0.3) is 0 Å². The molecule has 27 heavy (non-hydrogen) atoms. The molecule has 3 N–H and O–H groups in total. The Balaban J connectivity index is 2.08. The molecule has 9 nitrogen and oxygen atoms in total. The van der Waals surface area contributed by atoms with Gasteiger partial charge in [-0.25, -0.2) is 14.8 Å². The Hall–Kier alpha value is -3.33. The highest BCUT2D eigenvalue weighted by atomic mass is 35.5. The molecule has 2 aromatic rings. The van der Waals surface area contributed by atoms with Gasteiger partial charge in [0.2, 0.25) is 0 Å². The van der Waals surface area contributed by atoms with Gasteiger partial charge in [-0.15, -0.1) is 11.6 Å². The maximum atomic E-state index is 12.2. The zero-order valence-electron chi connectivity index (χ0n) is 14.0. The van der Waals surface area contributed by atoms with E-state index in [1.54, 1.807) is 0 Å². The molecule has 0 saturated heterocycles. The number of primary amides is 1. The van der Waals surface area contributed by atoms with Gasteiger partial charge in [0, 0.05) is 5.88 Å². The summed E-state index contributed by atoms with van der Waals surface area (Å²) in [5, 5.41) is 2.07. The quantitative estimate of drug-likeness (QED) is 0.310. The zero-order chi connectivity index (χ0) is 19.8. The van der Waals surface area contributed by atoms with Gasteiger partial charge in [-0.05, 0) is 30.7 Å². The number of amides is 3. The number of rotatable bonds is 7. The fraction of sp³-hybridized carbons (Fsp3) is 0.176. The average Bonchev–Trinajstić information content (AvgIpc) is 2.68. The summed E-state index contributed by atoms with van der Waals surface area (Å²) in [5.41, 5.74) is 4.57. The van der Waals surface area contributed by atoms with Crippen LogP contribution < -0.4 is 11.1 Å². The number of nitrogens with one attached hydrogen (secondary N) is 1. The summed E-state index contributed by atoms with van der Waals surface area (Å²) in [6, 6.07) is 8.18. The van der Waals surface area contributed by atoms with Crippen LogP contribution in [0.15, 0.2) is 36.4 Å². The number of hydrogen-bond donors (Lipinski definition) is 2. The lowest BCUT2D eigenvalue weighted by Crippen LogP contribution is -2.32. The summed E-state index contributed by atoms with van der Waals surface area (Å²) >= 11 is 5.50. The normalized spacial score (nSPS) is 10.1. The monoisotopic (exact) mass is 390 g/mol. The molecule has 2 heterocycles. The summed E-state index contributed by atoms with van der Waals surface area (Å²) in [6.45, 7) is 0.126. The predicted octanol–water partition coefficient (Wildman–Crippen LogP) is 0.931. The van der Waals surface area contributed by atoms with Crippen molar-refractivity contribution in [3.63, 3.8) is 0 Å². The van der Waals surface area contributed by atoms with E-state index >= 15 is 0 Å². The van der Waals surface area contributed by atoms with Gasteiger partial charge < -0.3 is 10.5 Å². The smallest absolute Gasteiger partial charge is 0.356 e. The molecule has 3 amide bonds. The molecule has 0 radical (unpaired) electrons. The van der Waals surface area contributed by atoms with Crippen molar-refractivity contribution < 1.29 is 23.9 Å². The van der Waals surface area contributed by atoms with Crippen LogP contribution in [0.5, 0.6) is 0 Å². The Morgan fingerprint density at radius 1 is 0.926 bits per heavy atom. The molecule has 140 valence electrons. The van der Waals surface area contributed by atoms with Crippen LogP contribution in [0.1, 0.15) is 48.4 Å². The summed E-state index contributed by atoms with van der Waals surface area (Å²) in [7, 11) is 0. The lowest BCUT2D eigenvalue weighted by atomic mass is 10.2. The molecule has 0 spiro atoms. The Morgan fingerprint density at radius 2 is 1.44 bits per heavy atom. The maximum absolute atomic E-state index is 12.2. The maximum Gasteiger partial charge on any atom is 0.356 e. The number of ether oxygens (including phenoxy) is 1. The highest BCUT2D eigenvalue weighted by Gasteiger charge is 2.17. The number of imide groups is 1. The van der Waals surface area contributed by atoms with E-state index < -0.39 is 23.7 Å². The summed E-state index contributed by atoms with van der Waals surface area (Å²) in [4.78, 5) is 54.9. The number of carbonyl (C=O) groups excluding carboxylic acids is 4. The van der Waals surface area contributed by atoms with Crippen molar-refractivity contribution in [2.24, 2.45) is 5.73 Å². The zero-order valence-corrected chi connectivity index (χ0v) is 14.7. The molecule has 0 bridgehead atoms. The van der Waals surface area contributed by atoms with Crippen LogP contribution in [0.2, 0.25) is 0 Å². The van der Waals surface area contributed by atoms with E-state index in [4.69, 9.17) is 22.1 Å². The van der Waals surface area contributed by atoms with Gasteiger partial charge in [-0.3, -0.25) is 19.7 Å². The molecular formula is C17H15ClN4O5. The average molecular weight is 391 g/mol. The molecule has 0 unspecified atom stereocenters. The first-order chi connectivity index (χ1) is 12.9. The van der Waals surface area contributed by atoms with Crippen LogP contribution in [-0.4, -0.2) is 46.1 Å². The Labute approximate surface area is 158 Å². The third kappa shape index (κ3) is 5.58. The molecule has 0 atom stereocenters. The van der Waals surface area contributed by atoms with E-state index in [-0.39, 0.29) is 29.4 Å². The molecule has 2 rings (SSSR count). The number of halogens is 1. The molecule has 0 aliphatic carbocycles. The van der Waals surface area contributed by atoms with Gasteiger partial charge in [0.05, 0.1) is 6.61 Å². The minimum atomic E-state index is -0.847. The largest absolute Gasteiger partial charge is 0.461 e. The molecule has 2 aromatic heterocycles. The Bertz CT molecular complexity index is 887. The van der Waals surface area contributed by atoms with E-state index in [0.717, 1.165) is 0 Å². The molecule has 0 saturated carbocycles. The molecule has 10 heteroatoms. The van der Waals surface area contributed by atoms with Crippen molar-refractivity contribution in [1.82, 2.24) is 15.3 Å². The topological polar surface area (TPSA) is 141 Å². The first kappa shape index (κ1) is 20.0. The second kappa shape index (κ2) is 9.39. The van der Waals surface area contributed by atoms with Crippen molar-refractivity contribution in [2.75, 3.05) is 12.5 Å². The third-order valence-electron chi connectivity index (χ3n) is 3.16. The SMILES string of the molecule is NC(=O)c1cccc(C(=O)NC(=O)c2cccc(C(=O)OCCCCl)n2)n1. The van der Waals surface area contributed by atoms with Gasteiger partial charge in [0.1, 0.15) is 22.8 Å². The number of nitrogens with two attached hydrogens (primary N) is 1. The van der Waals surface area contributed by atoms with E-state index in [9.17, 15) is 19.2 Å².